The molecule has 0 aliphatic carbocycles. The molecule has 1 aromatic carbocycles. The first-order valence-electron chi connectivity index (χ1n) is 7.02. The molecule has 0 aromatic heterocycles. The van der Waals surface area contributed by atoms with Crippen LogP contribution in [0.3, 0.4) is 0 Å². The van der Waals surface area contributed by atoms with E-state index in [-0.39, 0.29) is 5.84 Å². The topological polar surface area (TPSA) is 65.1 Å². The van der Waals surface area contributed by atoms with Crippen molar-refractivity contribution >= 4 is 27.5 Å². The zero-order valence-corrected chi connectivity index (χ0v) is 14.8. The van der Waals surface area contributed by atoms with Crippen LogP contribution in [0.2, 0.25) is 0 Å². The van der Waals surface area contributed by atoms with Crippen molar-refractivity contribution < 1.29 is 5.21 Å². The van der Waals surface area contributed by atoms with Crippen LogP contribution < -0.4 is 10.6 Å². The lowest BCUT2D eigenvalue weighted by molar-refractivity contribution is 0.318. The van der Waals surface area contributed by atoms with E-state index in [0.717, 1.165) is 35.4 Å². The molecule has 5 nitrogen and oxygen atoms in total. The molecule has 0 saturated heterocycles. The zero-order valence-electron chi connectivity index (χ0n) is 13.2. The Hall–Kier alpha value is -1.27. The Bertz CT molecular complexity index is 489. The van der Waals surface area contributed by atoms with Gasteiger partial charge < -0.3 is 20.7 Å². The maximum Gasteiger partial charge on any atom is 0.172 e. The highest BCUT2D eigenvalue weighted by atomic mass is 79.9. The summed E-state index contributed by atoms with van der Waals surface area (Å²) in [6, 6.07) is 5.79. The Labute approximate surface area is 135 Å². The smallest absolute Gasteiger partial charge is 0.172 e. The Morgan fingerprint density at radius 1 is 1.33 bits per heavy atom. The van der Waals surface area contributed by atoms with E-state index in [0.29, 0.717) is 5.92 Å². The van der Waals surface area contributed by atoms with Crippen molar-refractivity contribution in [2.75, 3.05) is 38.6 Å². The molecule has 0 radical (unpaired) electrons. The molecule has 0 aliphatic heterocycles. The first-order chi connectivity index (χ1) is 9.85. The number of benzene rings is 1. The summed E-state index contributed by atoms with van der Waals surface area (Å²) in [7, 11) is 4.11. The van der Waals surface area contributed by atoms with Crippen LogP contribution in [0, 0.1) is 5.92 Å². The molecule has 0 spiro atoms. The highest BCUT2D eigenvalue weighted by Gasteiger charge is 2.16. The number of nitrogens with zero attached hydrogens (tertiary/aromatic N) is 3. The number of likely N-dealkylation sites (N-methyl/N-ethyl adjacent to an activating group) is 1. The van der Waals surface area contributed by atoms with Gasteiger partial charge in [0, 0.05) is 35.4 Å². The van der Waals surface area contributed by atoms with E-state index in [9.17, 15) is 0 Å². The lowest BCUT2D eigenvalue weighted by Crippen LogP contribution is -2.35. The van der Waals surface area contributed by atoms with Crippen LogP contribution in [-0.2, 0) is 0 Å². The van der Waals surface area contributed by atoms with E-state index >= 15 is 0 Å². The second-order valence-corrected chi connectivity index (χ2v) is 6.71. The SMILES string of the molecule is CC(C)CN(CCN(C)C)c1cc(Br)ccc1/C(N)=N/O. The second-order valence-electron chi connectivity index (χ2n) is 5.79. The molecule has 0 heterocycles. The van der Waals surface area contributed by atoms with Crippen LogP contribution in [0.5, 0.6) is 0 Å². The molecule has 0 unspecified atom stereocenters. The molecule has 0 aliphatic rings. The van der Waals surface area contributed by atoms with Gasteiger partial charge in [-0.15, -0.1) is 0 Å². The largest absolute Gasteiger partial charge is 0.409 e. The van der Waals surface area contributed by atoms with Crippen LogP contribution in [-0.4, -0.2) is 49.7 Å². The zero-order chi connectivity index (χ0) is 16.0. The van der Waals surface area contributed by atoms with Crippen molar-refractivity contribution in [3.8, 4) is 0 Å². The van der Waals surface area contributed by atoms with Crippen LogP contribution in [0.4, 0.5) is 5.69 Å². The van der Waals surface area contributed by atoms with Crippen molar-refractivity contribution in [2.24, 2.45) is 16.8 Å². The molecule has 3 N–H and O–H groups in total. The van der Waals surface area contributed by atoms with E-state index in [4.69, 9.17) is 10.9 Å². The van der Waals surface area contributed by atoms with Crippen molar-refractivity contribution in [1.29, 1.82) is 0 Å². The van der Waals surface area contributed by atoms with Gasteiger partial charge in [0.2, 0.25) is 0 Å². The highest BCUT2D eigenvalue weighted by Crippen LogP contribution is 2.26. The molecular weight excluding hydrogens is 332 g/mol. The fourth-order valence-corrected chi connectivity index (χ4v) is 2.46. The Morgan fingerprint density at radius 3 is 2.52 bits per heavy atom. The standard InChI is InChI=1S/C15H25BrN4O/c1-11(2)10-20(8-7-19(3)4)14-9-12(16)5-6-13(14)15(17)18-21/h5-6,9,11,21H,7-8,10H2,1-4H3,(H2,17,18). The minimum Gasteiger partial charge on any atom is -0.409 e. The molecule has 0 fully saturated rings. The van der Waals surface area contributed by atoms with Gasteiger partial charge in [-0.1, -0.05) is 34.9 Å². The molecule has 6 heteroatoms. The van der Waals surface area contributed by atoms with E-state index < -0.39 is 0 Å². The van der Waals surface area contributed by atoms with E-state index in [1.54, 1.807) is 0 Å². The van der Waals surface area contributed by atoms with Gasteiger partial charge in [0.25, 0.3) is 0 Å². The monoisotopic (exact) mass is 356 g/mol. The number of nitrogens with two attached hydrogens (primary N) is 1. The molecule has 21 heavy (non-hydrogen) atoms. The van der Waals surface area contributed by atoms with E-state index in [2.05, 4.69) is 58.8 Å². The number of amidine groups is 1. The van der Waals surface area contributed by atoms with Crippen LogP contribution in [0.1, 0.15) is 19.4 Å². The van der Waals surface area contributed by atoms with Crippen LogP contribution in [0.25, 0.3) is 0 Å². The summed E-state index contributed by atoms with van der Waals surface area (Å²) in [5, 5.41) is 12.1. The van der Waals surface area contributed by atoms with Gasteiger partial charge in [-0.2, -0.15) is 0 Å². The summed E-state index contributed by atoms with van der Waals surface area (Å²) >= 11 is 3.50. The first-order valence-corrected chi connectivity index (χ1v) is 7.81. The summed E-state index contributed by atoms with van der Waals surface area (Å²) in [4.78, 5) is 4.43. The molecule has 118 valence electrons. The quantitative estimate of drug-likeness (QED) is 0.341. The third-order valence-corrected chi connectivity index (χ3v) is 3.58. The van der Waals surface area contributed by atoms with Crippen LogP contribution >= 0.6 is 15.9 Å². The highest BCUT2D eigenvalue weighted by molar-refractivity contribution is 9.10. The number of hydrogen-bond donors (Lipinski definition) is 2. The minimum atomic E-state index is 0.135. The predicted molar refractivity (Wildman–Crippen MR) is 92.3 cm³/mol. The van der Waals surface area contributed by atoms with E-state index in [1.807, 2.05) is 18.2 Å². The van der Waals surface area contributed by atoms with Crippen molar-refractivity contribution in [3.63, 3.8) is 0 Å². The third-order valence-electron chi connectivity index (χ3n) is 3.09. The molecule has 0 bridgehead atoms. The van der Waals surface area contributed by atoms with Gasteiger partial charge in [0.05, 0.1) is 0 Å². The summed E-state index contributed by atoms with van der Waals surface area (Å²) in [5.74, 6) is 0.655. The van der Waals surface area contributed by atoms with Gasteiger partial charge in [-0.3, -0.25) is 0 Å². The number of oxime groups is 1. The second kappa shape index (κ2) is 8.24. The van der Waals surface area contributed by atoms with E-state index in [1.165, 1.54) is 0 Å². The lowest BCUT2D eigenvalue weighted by atomic mass is 10.1. The first kappa shape index (κ1) is 17.8. The average molecular weight is 357 g/mol. The fourth-order valence-electron chi connectivity index (χ4n) is 2.11. The predicted octanol–water partition coefficient (Wildman–Crippen LogP) is 2.57. The van der Waals surface area contributed by atoms with Gasteiger partial charge in [0.1, 0.15) is 0 Å². The molecule has 1 rings (SSSR count). The van der Waals surface area contributed by atoms with Gasteiger partial charge >= 0.3 is 0 Å². The fraction of sp³-hybridized carbons (Fsp3) is 0.533. The minimum absolute atomic E-state index is 0.135. The Morgan fingerprint density at radius 2 is 2.00 bits per heavy atom. The molecule has 1 aromatic rings. The molecule has 0 atom stereocenters. The van der Waals surface area contributed by atoms with Gasteiger partial charge in [-0.05, 0) is 38.2 Å². The summed E-state index contributed by atoms with van der Waals surface area (Å²) in [6.07, 6.45) is 0. The Kier molecular flexibility index (Phi) is 6.98. The lowest BCUT2D eigenvalue weighted by Gasteiger charge is -2.30. The van der Waals surface area contributed by atoms with Crippen molar-refractivity contribution in [3.05, 3.63) is 28.2 Å². The number of rotatable bonds is 7. The number of hydrogen-bond acceptors (Lipinski definition) is 4. The van der Waals surface area contributed by atoms with Crippen molar-refractivity contribution in [1.82, 2.24) is 4.90 Å². The summed E-state index contributed by atoms with van der Waals surface area (Å²) in [6.45, 7) is 7.10. The maximum absolute atomic E-state index is 8.99. The summed E-state index contributed by atoms with van der Waals surface area (Å²) < 4.78 is 0.977. The van der Waals surface area contributed by atoms with Crippen molar-refractivity contribution in [2.45, 2.75) is 13.8 Å². The Balaban J connectivity index is 3.17. The number of halogens is 1. The third kappa shape index (κ3) is 5.55. The van der Waals surface area contributed by atoms with Gasteiger partial charge in [-0.25, -0.2) is 0 Å². The average Bonchev–Trinajstić information content (AvgIpc) is 2.42. The van der Waals surface area contributed by atoms with Crippen LogP contribution in [0.15, 0.2) is 27.8 Å². The normalized spacial score (nSPS) is 12.2. The molecular formula is C15H25BrN4O. The van der Waals surface area contributed by atoms with Gasteiger partial charge in [0.15, 0.2) is 5.84 Å². The summed E-state index contributed by atoms with van der Waals surface area (Å²) in [5.41, 5.74) is 7.55. The maximum atomic E-state index is 8.99. The molecule has 0 saturated carbocycles. The molecule has 0 amide bonds. The number of anilines is 1.